The molecule has 0 fully saturated rings. The summed E-state index contributed by atoms with van der Waals surface area (Å²) < 4.78 is 10.6. The molecular weight excluding hydrogens is 352 g/mol. The number of oxazole rings is 1. The molecule has 0 saturated heterocycles. The zero-order chi connectivity index (χ0) is 18.5. The number of nitrogens with zero attached hydrogens (tertiary/aromatic N) is 1. The average molecular weight is 370 g/mol. The van der Waals surface area contributed by atoms with Gasteiger partial charge in [-0.3, -0.25) is 4.79 Å². The van der Waals surface area contributed by atoms with Gasteiger partial charge < -0.3 is 14.5 Å². The molecule has 3 rings (SSSR count). The lowest BCUT2D eigenvalue weighted by molar-refractivity contribution is -0.115. The quantitative estimate of drug-likeness (QED) is 0.662. The molecule has 0 aliphatic rings. The van der Waals surface area contributed by atoms with Crippen LogP contribution in [0.3, 0.4) is 0 Å². The minimum Gasteiger partial charge on any atom is -0.462 e. The molecule has 6 nitrogen and oxygen atoms in total. The number of ether oxygens (including phenoxy) is 1. The van der Waals surface area contributed by atoms with E-state index in [1.165, 1.54) is 11.3 Å². The Morgan fingerprint density at radius 2 is 2.00 bits per heavy atom. The average Bonchev–Trinajstić information content (AvgIpc) is 3.26. The van der Waals surface area contributed by atoms with Gasteiger partial charge in [-0.25, -0.2) is 9.78 Å². The van der Waals surface area contributed by atoms with E-state index in [-0.39, 0.29) is 18.3 Å². The fourth-order valence-corrected chi connectivity index (χ4v) is 3.01. The maximum Gasteiger partial charge on any atom is 0.338 e. The lowest BCUT2D eigenvalue weighted by Gasteiger charge is -2.06. The predicted molar refractivity (Wildman–Crippen MR) is 99.3 cm³/mol. The summed E-state index contributed by atoms with van der Waals surface area (Å²) in [4.78, 5) is 29.2. The highest BCUT2D eigenvalue weighted by molar-refractivity contribution is 7.13. The smallest absolute Gasteiger partial charge is 0.338 e. The summed E-state index contributed by atoms with van der Waals surface area (Å²) in [5.41, 5.74) is 1.65. The highest BCUT2D eigenvalue weighted by atomic mass is 32.1. The summed E-state index contributed by atoms with van der Waals surface area (Å²) in [6.07, 6.45) is 0.111. The van der Waals surface area contributed by atoms with Crippen molar-refractivity contribution in [2.24, 2.45) is 0 Å². The molecule has 1 aromatic carbocycles. The molecular formula is C19H18N2O4S. The van der Waals surface area contributed by atoms with Gasteiger partial charge in [-0.05, 0) is 49.6 Å². The summed E-state index contributed by atoms with van der Waals surface area (Å²) in [7, 11) is 0. The molecule has 3 aromatic rings. The van der Waals surface area contributed by atoms with Crippen LogP contribution in [-0.4, -0.2) is 23.5 Å². The maximum atomic E-state index is 12.3. The summed E-state index contributed by atoms with van der Waals surface area (Å²) in [6, 6.07) is 10.4. The van der Waals surface area contributed by atoms with E-state index in [1.54, 1.807) is 38.1 Å². The topological polar surface area (TPSA) is 81.4 Å². The Morgan fingerprint density at radius 1 is 1.23 bits per heavy atom. The molecule has 7 heteroatoms. The largest absolute Gasteiger partial charge is 0.462 e. The lowest BCUT2D eigenvalue weighted by Crippen LogP contribution is -2.15. The van der Waals surface area contributed by atoms with Gasteiger partial charge in [0.25, 0.3) is 0 Å². The van der Waals surface area contributed by atoms with Crippen LogP contribution in [0, 0.1) is 6.92 Å². The van der Waals surface area contributed by atoms with Gasteiger partial charge >= 0.3 is 5.97 Å². The fourth-order valence-electron chi connectivity index (χ4n) is 2.36. The van der Waals surface area contributed by atoms with Crippen molar-refractivity contribution < 1.29 is 18.7 Å². The van der Waals surface area contributed by atoms with Crippen molar-refractivity contribution in [3.63, 3.8) is 0 Å². The number of hydrogen-bond donors (Lipinski definition) is 1. The number of anilines is 1. The number of nitrogens with one attached hydrogen (secondary N) is 1. The first-order valence-electron chi connectivity index (χ1n) is 8.14. The van der Waals surface area contributed by atoms with Gasteiger partial charge in [0.1, 0.15) is 5.76 Å². The SMILES string of the molecule is CCOC(=O)c1ccc(NC(=O)Cc2nc(-c3cccs3)oc2C)cc1. The molecule has 26 heavy (non-hydrogen) atoms. The summed E-state index contributed by atoms with van der Waals surface area (Å²) in [5, 5.41) is 4.74. The number of thiophene rings is 1. The lowest BCUT2D eigenvalue weighted by atomic mass is 10.2. The third-order valence-electron chi connectivity index (χ3n) is 3.63. The van der Waals surface area contributed by atoms with Gasteiger partial charge in [0.05, 0.1) is 29.2 Å². The van der Waals surface area contributed by atoms with Crippen LogP contribution < -0.4 is 5.32 Å². The van der Waals surface area contributed by atoms with E-state index in [2.05, 4.69) is 10.3 Å². The second-order valence-electron chi connectivity index (χ2n) is 5.52. The molecule has 134 valence electrons. The molecule has 2 heterocycles. The summed E-state index contributed by atoms with van der Waals surface area (Å²) in [5.74, 6) is 0.563. The van der Waals surface area contributed by atoms with Crippen LogP contribution in [0.25, 0.3) is 10.8 Å². The van der Waals surface area contributed by atoms with Gasteiger partial charge in [-0.2, -0.15) is 0 Å². The van der Waals surface area contributed by atoms with E-state index in [0.717, 1.165) is 4.88 Å². The molecule has 0 aliphatic heterocycles. The number of aryl methyl sites for hydroxylation is 1. The minimum atomic E-state index is -0.385. The van der Waals surface area contributed by atoms with E-state index >= 15 is 0 Å². The Bertz CT molecular complexity index is 898. The van der Waals surface area contributed by atoms with Crippen LogP contribution in [0.2, 0.25) is 0 Å². The van der Waals surface area contributed by atoms with Crippen molar-refractivity contribution in [2.75, 3.05) is 11.9 Å². The number of esters is 1. The summed E-state index contributed by atoms with van der Waals surface area (Å²) >= 11 is 1.53. The standard InChI is InChI=1S/C19H18N2O4S/c1-3-24-19(23)13-6-8-14(9-7-13)20-17(22)11-15-12(2)25-18(21-15)16-5-4-10-26-16/h4-10H,3,11H2,1-2H3,(H,20,22). The zero-order valence-electron chi connectivity index (χ0n) is 14.4. The maximum absolute atomic E-state index is 12.3. The van der Waals surface area contributed by atoms with Crippen LogP contribution in [0.15, 0.2) is 46.2 Å². The van der Waals surface area contributed by atoms with Crippen molar-refractivity contribution >= 4 is 28.9 Å². The normalized spacial score (nSPS) is 10.5. The Hall–Kier alpha value is -2.93. The predicted octanol–water partition coefficient (Wildman–Crippen LogP) is 4.07. The molecule has 1 N–H and O–H groups in total. The second-order valence-corrected chi connectivity index (χ2v) is 6.47. The van der Waals surface area contributed by atoms with Crippen LogP contribution in [0.1, 0.15) is 28.7 Å². The Morgan fingerprint density at radius 3 is 2.65 bits per heavy atom. The van der Waals surface area contributed by atoms with E-state index < -0.39 is 0 Å². The second kappa shape index (κ2) is 7.97. The number of carbonyl (C=O) groups is 2. The van der Waals surface area contributed by atoms with E-state index in [1.807, 2.05) is 17.5 Å². The Labute approximate surface area is 154 Å². The van der Waals surface area contributed by atoms with E-state index in [0.29, 0.717) is 35.2 Å². The fraction of sp³-hybridized carbons (Fsp3) is 0.211. The summed E-state index contributed by atoms with van der Waals surface area (Å²) in [6.45, 7) is 3.87. The third-order valence-corrected chi connectivity index (χ3v) is 4.49. The number of hydrogen-bond acceptors (Lipinski definition) is 6. The van der Waals surface area contributed by atoms with Gasteiger partial charge in [0, 0.05) is 5.69 Å². The van der Waals surface area contributed by atoms with Crippen LogP contribution in [0.5, 0.6) is 0 Å². The van der Waals surface area contributed by atoms with Gasteiger partial charge in [0.2, 0.25) is 11.8 Å². The molecule has 0 spiro atoms. The number of aromatic nitrogens is 1. The zero-order valence-corrected chi connectivity index (χ0v) is 15.3. The number of carbonyl (C=O) groups excluding carboxylic acids is 2. The van der Waals surface area contributed by atoms with E-state index in [9.17, 15) is 9.59 Å². The monoisotopic (exact) mass is 370 g/mol. The van der Waals surface area contributed by atoms with Gasteiger partial charge in [-0.1, -0.05) is 6.07 Å². The number of rotatable bonds is 6. The first-order chi connectivity index (χ1) is 12.6. The van der Waals surface area contributed by atoms with Crippen molar-refractivity contribution in [1.82, 2.24) is 4.98 Å². The first-order valence-corrected chi connectivity index (χ1v) is 9.02. The minimum absolute atomic E-state index is 0.111. The number of amides is 1. The van der Waals surface area contributed by atoms with Crippen LogP contribution in [0.4, 0.5) is 5.69 Å². The molecule has 0 bridgehead atoms. The molecule has 1 amide bonds. The van der Waals surface area contributed by atoms with Crippen LogP contribution >= 0.6 is 11.3 Å². The molecule has 0 saturated carbocycles. The Kier molecular flexibility index (Phi) is 5.48. The first kappa shape index (κ1) is 17.9. The van der Waals surface area contributed by atoms with Crippen molar-refractivity contribution in [3.05, 3.63) is 58.8 Å². The van der Waals surface area contributed by atoms with Crippen molar-refractivity contribution in [2.45, 2.75) is 20.3 Å². The highest BCUT2D eigenvalue weighted by Crippen LogP contribution is 2.26. The molecule has 2 aromatic heterocycles. The van der Waals surface area contributed by atoms with Gasteiger partial charge in [0.15, 0.2) is 0 Å². The van der Waals surface area contributed by atoms with Crippen LogP contribution in [-0.2, 0) is 16.0 Å². The molecule has 0 atom stereocenters. The van der Waals surface area contributed by atoms with Crippen molar-refractivity contribution in [1.29, 1.82) is 0 Å². The van der Waals surface area contributed by atoms with E-state index in [4.69, 9.17) is 9.15 Å². The Balaban J connectivity index is 1.63. The molecule has 0 aliphatic carbocycles. The number of benzene rings is 1. The third kappa shape index (κ3) is 4.18. The molecule has 0 unspecified atom stereocenters. The van der Waals surface area contributed by atoms with Crippen molar-refractivity contribution in [3.8, 4) is 10.8 Å². The van der Waals surface area contributed by atoms with Gasteiger partial charge in [-0.15, -0.1) is 11.3 Å². The molecule has 0 radical (unpaired) electrons. The highest BCUT2D eigenvalue weighted by Gasteiger charge is 2.15.